The van der Waals surface area contributed by atoms with Gasteiger partial charge in [0.05, 0.1) is 16.4 Å². The summed E-state index contributed by atoms with van der Waals surface area (Å²) in [6, 6.07) is 10.4. The zero-order valence-electron chi connectivity index (χ0n) is 17.7. The SMILES string of the molecule is Fc1ccc2c(Cc3nnc(Cc4ccc(Cl)c(Cl)c4)n3CCCc3cnc[nH]3)c[nH]c2c1. The molecule has 5 rings (SSSR count). The molecule has 0 saturated heterocycles. The van der Waals surface area contributed by atoms with Crippen LogP contribution >= 0.6 is 23.2 Å². The van der Waals surface area contributed by atoms with Crippen molar-refractivity contribution in [1.29, 1.82) is 0 Å². The normalized spacial score (nSPS) is 11.5. The maximum Gasteiger partial charge on any atom is 0.137 e. The van der Waals surface area contributed by atoms with E-state index < -0.39 is 0 Å². The van der Waals surface area contributed by atoms with Crippen molar-refractivity contribution < 1.29 is 4.39 Å². The molecule has 0 bridgehead atoms. The predicted octanol–water partition coefficient (Wildman–Crippen LogP) is 5.74. The lowest BCUT2D eigenvalue weighted by Gasteiger charge is -2.11. The lowest BCUT2D eigenvalue weighted by Crippen LogP contribution is -2.10. The molecule has 168 valence electrons. The molecule has 3 heterocycles. The second-order valence-electron chi connectivity index (χ2n) is 7.97. The first-order valence-corrected chi connectivity index (χ1v) is 11.4. The third-order valence-electron chi connectivity index (χ3n) is 5.71. The number of hydrogen-bond donors (Lipinski definition) is 2. The van der Waals surface area contributed by atoms with Gasteiger partial charge in [0, 0.05) is 48.4 Å². The molecule has 0 saturated carbocycles. The van der Waals surface area contributed by atoms with E-state index in [-0.39, 0.29) is 5.82 Å². The first-order chi connectivity index (χ1) is 16.1. The summed E-state index contributed by atoms with van der Waals surface area (Å²) < 4.78 is 15.8. The summed E-state index contributed by atoms with van der Waals surface area (Å²) in [5, 5.41) is 11.0. The van der Waals surface area contributed by atoms with Crippen molar-refractivity contribution in [1.82, 2.24) is 29.7 Å². The Morgan fingerprint density at radius 3 is 2.58 bits per heavy atom. The zero-order chi connectivity index (χ0) is 22.8. The topological polar surface area (TPSA) is 75.2 Å². The van der Waals surface area contributed by atoms with Crippen molar-refractivity contribution in [3.05, 3.63) is 99.5 Å². The molecule has 0 aliphatic carbocycles. The summed E-state index contributed by atoms with van der Waals surface area (Å²) in [5.74, 6) is 1.46. The lowest BCUT2D eigenvalue weighted by molar-refractivity contribution is 0.593. The number of halogens is 3. The Balaban J connectivity index is 1.43. The number of aryl methyl sites for hydroxylation is 1. The van der Waals surface area contributed by atoms with Crippen LogP contribution in [0, 0.1) is 5.82 Å². The Morgan fingerprint density at radius 2 is 1.79 bits per heavy atom. The third kappa shape index (κ3) is 4.79. The number of nitrogens with one attached hydrogen (secondary N) is 2. The van der Waals surface area contributed by atoms with E-state index in [9.17, 15) is 4.39 Å². The van der Waals surface area contributed by atoms with Gasteiger partial charge in [0.15, 0.2) is 0 Å². The van der Waals surface area contributed by atoms with E-state index in [4.69, 9.17) is 23.2 Å². The van der Waals surface area contributed by atoms with Gasteiger partial charge in [0.2, 0.25) is 0 Å². The van der Waals surface area contributed by atoms with Crippen molar-refractivity contribution in [2.45, 2.75) is 32.2 Å². The minimum atomic E-state index is -0.262. The van der Waals surface area contributed by atoms with Crippen LogP contribution in [0.3, 0.4) is 0 Å². The Morgan fingerprint density at radius 1 is 0.939 bits per heavy atom. The molecule has 5 aromatic rings. The highest BCUT2D eigenvalue weighted by Gasteiger charge is 2.16. The van der Waals surface area contributed by atoms with Gasteiger partial charge in [-0.15, -0.1) is 10.2 Å². The molecule has 0 aliphatic heterocycles. The Kier molecular flexibility index (Phi) is 6.15. The summed E-state index contributed by atoms with van der Waals surface area (Å²) in [6.07, 6.45) is 8.39. The minimum absolute atomic E-state index is 0.262. The van der Waals surface area contributed by atoms with Crippen LogP contribution in [0.5, 0.6) is 0 Å². The highest BCUT2D eigenvalue weighted by atomic mass is 35.5. The first kappa shape index (κ1) is 21.7. The lowest BCUT2D eigenvalue weighted by atomic mass is 10.1. The molecule has 0 unspecified atom stereocenters. The number of rotatable bonds is 8. The van der Waals surface area contributed by atoms with Gasteiger partial charge in [-0.1, -0.05) is 29.3 Å². The number of nitrogens with zero attached hydrogens (tertiary/aromatic N) is 4. The van der Waals surface area contributed by atoms with E-state index in [1.165, 1.54) is 12.1 Å². The fraction of sp³-hybridized carbons (Fsp3) is 0.208. The molecular weight excluding hydrogens is 462 g/mol. The molecule has 0 aliphatic rings. The van der Waals surface area contributed by atoms with Crippen LogP contribution in [0.1, 0.15) is 34.9 Å². The molecule has 2 aromatic carbocycles. The molecule has 6 nitrogen and oxygen atoms in total. The largest absolute Gasteiger partial charge is 0.361 e. The molecule has 0 spiro atoms. The second-order valence-corrected chi connectivity index (χ2v) is 8.78. The maximum absolute atomic E-state index is 13.6. The first-order valence-electron chi connectivity index (χ1n) is 10.6. The third-order valence-corrected chi connectivity index (χ3v) is 6.45. The minimum Gasteiger partial charge on any atom is -0.361 e. The molecular formula is C24H21Cl2FN6. The van der Waals surface area contributed by atoms with Crippen molar-refractivity contribution in [3.8, 4) is 0 Å². The van der Waals surface area contributed by atoms with E-state index >= 15 is 0 Å². The van der Waals surface area contributed by atoms with Gasteiger partial charge < -0.3 is 14.5 Å². The van der Waals surface area contributed by atoms with E-state index in [1.54, 1.807) is 18.5 Å². The summed E-state index contributed by atoms with van der Waals surface area (Å²) >= 11 is 12.3. The molecule has 0 radical (unpaired) electrons. The fourth-order valence-electron chi connectivity index (χ4n) is 4.05. The molecule has 3 aromatic heterocycles. The number of benzene rings is 2. The molecule has 0 atom stereocenters. The van der Waals surface area contributed by atoms with Crippen molar-refractivity contribution >= 4 is 34.1 Å². The number of H-pyrrole nitrogens is 2. The van der Waals surface area contributed by atoms with Gasteiger partial charge in [-0.2, -0.15) is 0 Å². The summed E-state index contributed by atoms with van der Waals surface area (Å²) in [6.45, 7) is 0.759. The number of aromatic nitrogens is 6. The monoisotopic (exact) mass is 482 g/mol. The van der Waals surface area contributed by atoms with Crippen molar-refractivity contribution in [3.63, 3.8) is 0 Å². The average molecular weight is 483 g/mol. The van der Waals surface area contributed by atoms with Crippen molar-refractivity contribution in [2.75, 3.05) is 0 Å². The quantitative estimate of drug-likeness (QED) is 0.296. The second kappa shape index (κ2) is 9.37. The smallest absolute Gasteiger partial charge is 0.137 e. The van der Waals surface area contributed by atoms with Crippen LogP contribution in [-0.2, 0) is 25.8 Å². The Bertz CT molecular complexity index is 1390. The zero-order valence-corrected chi connectivity index (χ0v) is 19.2. The summed E-state index contributed by atoms with van der Waals surface area (Å²) in [4.78, 5) is 10.4. The van der Waals surface area contributed by atoms with Crippen LogP contribution in [-0.4, -0.2) is 29.7 Å². The highest BCUT2D eigenvalue weighted by molar-refractivity contribution is 6.42. The van der Waals surface area contributed by atoms with Crippen LogP contribution in [0.15, 0.2) is 55.1 Å². The van der Waals surface area contributed by atoms with Crippen LogP contribution < -0.4 is 0 Å². The van der Waals surface area contributed by atoms with E-state index in [0.29, 0.717) is 22.9 Å². The fourth-order valence-corrected chi connectivity index (χ4v) is 4.37. The Labute approximate surface area is 199 Å². The predicted molar refractivity (Wildman–Crippen MR) is 127 cm³/mol. The molecule has 33 heavy (non-hydrogen) atoms. The van der Waals surface area contributed by atoms with E-state index in [2.05, 4.69) is 29.7 Å². The van der Waals surface area contributed by atoms with Gasteiger partial charge in [-0.05, 0) is 54.3 Å². The number of hydrogen-bond acceptors (Lipinski definition) is 3. The number of aromatic amines is 2. The van der Waals surface area contributed by atoms with Crippen LogP contribution in [0.25, 0.3) is 10.9 Å². The summed E-state index contributed by atoms with van der Waals surface area (Å²) in [7, 11) is 0. The number of imidazole rings is 1. The Hall–Kier alpha value is -3.16. The molecule has 9 heteroatoms. The van der Waals surface area contributed by atoms with Gasteiger partial charge in [0.25, 0.3) is 0 Å². The molecule has 0 fully saturated rings. The average Bonchev–Trinajstić information content (AvgIpc) is 3.53. The molecule has 2 N–H and O–H groups in total. The van der Waals surface area contributed by atoms with Gasteiger partial charge in [0.1, 0.15) is 17.5 Å². The highest BCUT2D eigenvalue weighted by Crippen LogP contribution is 2.25. The summed E-state index contributed by atoms with van der Waals surface area (Å²) in [5.41, 5.74) is 3.93. The van der Waals surface area contributed by atoms with Gasteiger partial charge >= 0.3 is 0 Å². The van der Waals surface area contributed by atoms with Gasteiger partial charge in [-0.25, -0.2) is 9.37 Å². The number of fused-ring (bicyclic) bond motifs is 1. The van der Waals surface area contributed by atoms with E-state index in [1.807, 2.05) is 24.5 Å². The van der Waals surface area contributed by atoms with Crippen LogP contribution in [0.2, 0.25) is 10.0 Å². The van der Waals surface area contributed by atoms with Crippen molar-refractivity contribution in [2.24, 2.45) is 0 Å². The molecule has 0 amide bonds. The van der Waals surface area contributed by atoms with E-state index in [0.717, 1.165) is 58.8 Å². The van der Waals surface area contributed by atoms with Gasteiger partial charge in [-0.3, -0.25) is 0 Å². The standard InChI is InChI=1S/C24H21Cl2FN6/c25-20-6-3-15(8-21(20)26)9-23-31-32-24(33(23)7-1-2-18-13-28-14-30-18)10-16-12-29-22-11-17(27)4-5-19(16)22/h3-6,8,11-14,29H,1-2,7,9-10H2,(H,28,30). The maximum atomic E-state index is 13.6. The van der Waals surface area contributed by atoms with Crippen LogP contribution in [0.4, 0.5) is 4.39 Å².